The predicted molar refractivity (Wildman–Crippen MR) is 69.2 cm³/mol. The van der Waals surface area contributed by atoms with Crippen LogP contribution in [0.4, 0.5) is 4.79 Å². The molecule has 102 valence electrons. The first-order valence-corrected chi connectivity index (χ1v) is 5.95. The summed E-state index contributed by atoms with van der Waals surface area (Å²) in [7, 11) is 1.66. The van der Waals surface area contributed by atoms with Gasteiger partial charge in [-0.15, -0.1) is 0 Å². The Morgan fingerprint density at radius 3 is 2.56 bits per heavy atom. The minimum atomic E-state index is -0.503. The second-order valence-corrected chi connectivity index (χ2v) is 5.42. The summed E-state index contributed by atoms with van der Waals surface area (Å²) in [5.74, 6) is 1.48. The molecular formula is C13H22N2O3. The van der Waals surface area contributed by atoms with Crippen molar-refractivity contribution in [3.8, 4) is 0 Å². The molecule has 0 saturated carbocycles. The quantitative estimate of drug-likeness (QED) is 0.899. The Morgan fingerprint density at radius 1 is 1.50 bits per heavy atom. The van der Waals surface area contributed by atoms with E-state index in [1.807, 2.05) is 39.8 Å². The van der Waals surface area contributed by atoms with Gasteiger partial charge in [0.1, 0.15) is 17.1 Å². The molecule has 5 heteroatoms. The fraction of sp³-hybridized carbons (Fsp3) is 0.615. The van der Waals surface area contributed by atoms with Gasteiger partial charge in [-0.1, -0.05) is 0 Å². The van der Waals surface area contributed by atoms with Crippen LogP contribution in [0.1, 0.15) is 38.3 Å². The maximum absolute atomic E-state index is 11.7. The lowest BCUT2D eigenvalue weighted by atomic mass is 10.2. The van der Waals surface area contributed by atoms with Crippen molar-refractivity contribution in [2.24, 2.45) is 5.73 Å². The Bertz CT molecular complexity index is 407. The highest BCUT2D eigenvalue weighted by molar-refractivity contribution is 5.67. The van der Waals surface area contributed by atoms with Gasteiger partial charge in [0.15, 0.2) is 0 Å². The van der Waals surface area contributed by atoms with E-state index in [9.17, 15) is 4.79 Å². The molecule has 1 aromatic heterocycles. The van der Waals surface area contributed by atoms with Crippen LogP contribution in [0.5, 0.6) is 0 Å². The molecule has 0 aliphatic heterocycles. The van der Waals surface area contributed by atoms with E-state index in [1.54, 1.807) is 7.05 Å². The van der Waals surface area contributed by atoms with Crippen LogP contribution < -0.4 is 5.73 Å². The Labute approximate surface area is 108 Å². The molecule has 1 aromatic rings. The zero-order valence-electron chi connectivity index (χ0n) is 11.7. The Balaban J connectivity index is 2.54. The van der Waals surface area contributed by atoms with Crippen molar-refractivity contribution < 1.29 is 13.9 Å². The Hall–Kier alpha value is -1.49. The number of hydrogen-bond acceptors (Lipinski definition) is 4. The Kier molecular flexibility index (Phi) is 4.40. The molecule has 1 amide bonds. The molecule has 0 spiro atoms. The van der Waals surface area contributed by atoms with E-state index < -0.39 is 5.60 Å². The summed E-state index contributed by atoms with van der Waals surface area (Å²) < 4.78 is 10.7. The maximum atomic E-state index is 11.7. The summed E-state index contributed by atoms with van der Waals surface area (Å²) in [6, 6.07) is 3.32. The number of ether oxygens (including phenoxy) is 1. The number of amides is 1. The number of hydrogen-bond donors (Lipinski definition) is 1. The molecule has 0 bridgehead atoms. The highest BCUT2D eigenvalue weighted by Gasteiger charge is 2.22. The lowest BCUT2D eigenvalue weighted by Gasteiger charge is -2.25. The molecular weight excluding hydrogens is 232 g/mol. The summed E-state index contributed by atoms with van der Waals surface area (Å²) in [5, 5.41) is 0. The zero-order valence-corrected chi connectivity index (χ0v) is 11.7. The molecule has 2 N–H and O–H groups in total. The molecule has 5 nitrogen and oxygen atoms in total. The van der Waals surface area contributed by atoms with Gasteiger partial charge in [-0.05, 0) is 39.8 Å². The number of aryl methyl sites for hydroxylation is 1. The number of carbonyl (C=O) groups excluding carboxylic acids is 1. The number of furan rings is 1. The lowest BCUT2D eigenvalue weighted by Crippen LogP contribution is -2.38. The normalized spacial score (nSPS) is 13.2. The van der Waals surface area contributed by atoms with Crippen LogP contribution >= 0.6 is 0 Å². The topological polar surface area (TPSA) is 68.7 Å². The summed E-state index contributed by atoms with van der Waals surface area (Å²) in [6.45, 7) is 7.69. The SMILES string of the molecule is Cc1ccc(C(N)CN(C)C(=O)OC(C)(C)C)o1. The van der Waals surface area contributed by atoms with E-state index >= 15 is 0 Å². The van der Waals surface area contributed by atoms with Crippen molar-refractivity contribution >= 4 is 6.09 Å². The van der Waals surface area contributed by atoms with Gasteiger partial charge < -0.3 is 19.8 Å². The molecule has 1 unspecified atom stereocenters. The molecule has 1 rings (SSSR count). The number of rotatable bonds is 3. The van der Waals surface area contributed by atoms with Crippen molar-refractivity contribution in [2.45, 2.75) is 39.3 Å². The first kappa shape index (κ1) is 14.6. The van der Waals surface area contributed by atoms with Crippen molar-refractivity contribution in [3.05, 3.63) is 23.7 Å². The minimum Gasteiger partial charge on any atom is -0.465 e. The monoisotopic (exact) mass is 254 g/mol. The number of likely N-dealkylation sites (N-methyl/N-ethyl adjacent to an activating group) is 1. The second-order valence-electron chi connectivity index (χ2n) is 5.42. The van der Waals surface area contributed by atoms with E-state index in [4.69, 9.17) is 14.9 Å². The second kappa shape index (κ2) is 5.44. The smallest absolute Gasteiger partial charge is 0.410 e. The number of carbonyl (C=O) groups is 1. The third-order valence-electron chi connectivity index (χ3n) is 2.30. The summed E-state index contributed by atoms with van der Waals surface area (Å²) in [4.78, 5) is 13.2. The first-order chi connectivity index (χ1) is 8.19. The van der Waals surface area contributed by atoms with Crippen LogP contribution in [0.2, 0.25) is 0 Å². The standard InChI is InChI=1S/C13H22N2O3/c1-9-6-7-11(17-9)10(14)8-15(5)12(16)18-13(2,3)4/h6-7,10H,8,14H2,1-5H3. The first-order valence-electron chi connectivity index (χ1n) is 5.95. The van der Waals surface area contributed by atoms with Gasteiger partial charge >= 0.3 is 6.09 Å². The molecule has 1 atom stereocenters. The van der Waals surface area contributed by atoms with Gasteiger partial charge in [-0.3, -0.25) is 0 Å². The molecule has 0 fully saturated rings. The molecule has 0 saturated heterocycles. The summed E-state index contributed by atoms with van der Waals surface area (Å²) in [6.07, 6.45) is -0.388. The van der Waals surface area contributed by atoms with Gasteiger partial charge in [-0.25, -0.2) is 4.79 Å². The third kappa shape index (κ3) is 4.41. The average molecular weight is 254 g/mol. The van der Waals surface area contributed by atoms with Gasteiger partial charge in [0.2, 0.25) is 0 Å². The van der Waals surface area contributed by atoms with Gasteiger partial charge in [0, 0.05) is 13.6 Å². The van der Waals surface area contributed by atoms with Gasteiger partial charge in [0.05, 0.1) is 6.04 Å². The highest BCUT2D eigenvalue weighted by Crippen LogP contribution is 2.16. The van der Waals surface area contributed by atoms with E-state index in [1.165, 1.54) is 4.90 Å². The van der Waals surface area contributed by atoms with Crippen molar-refractivity contribution in [1.29, 1.82) is 0 Å². The molecule has 0 aromatic carbocycles. The largest absolute Gasteiger partial charge is 0.465 e. The van der Waals surface area contributed by atoms with E-state index in [-0.39, 0.29) is 12.1 Å². The fourth-order valence-electron chi connectivity index (χ4n) is 1.45. The van der Waals surface area contributed by atoms with Crippen molar-refractivity contribution in [1.82, 2.24) is 4.90 Å². The van der Waals surface area contributed by atoms with Crippen LogP contribution in [0.25, 0.3) is 0 Å². The van der Waals surface area contributed by atoms with E-state index in [0.717, 1.165) is 5.76 Å². The molecule has 0 radical (unpaired) electrons. The molecule has 1 heterocycles. The lowest BCUT2D eigenvalue weighted by molar-refractivity contribution is 0.0286. The van der Waals surface area contributed by atoms with Crippen LogP contribution in [0.15, 0.2) is 16.5 Å². The number of nitrogens with zero attached hydrogens (tertiary/aromatic N) is 1. The van der Waals surface area contributed by atoms with Crippen LogP contribution in [-0.2, 0) is 4.74 Å². The molecule has 18 heavy (non-hydrogen) atoms. The van der Waals surface area contributed by atoms with Crippen LogP contribution in [-0.4, -0.2) is 30.2 Å². The van der Waals surface area contributed by atoms with E-state index in [0.29, 0.717) is 12.3 Å². The molecule has 0 aliphatic rings. The maximum Gasteiger partial charge on any atom is 0.410 e. The van der Waals surface area contributed by atoms with Crippen LogP contribution in [0, 0.1) is 6.92 Å². The highest BCUT2D eigenvalue weighted by atomic mass is 16.6. The zero-order chi connectivity index (χ0) is 13.9. The van der Waals surface area contributed by atoms with Crippen molar-refractivity contribution in [2.75, 3.05) is 13.6 Å². The summed E-state index contributed by atoms with van der Waals surface area (Å²) in [5.41, 5.74) is 5.46. The van der Waals surface area contributed by atoms with Gasteiger partial charge in [-0.2, -0.15) is 0 Å². The fourth-order valence-corrected chi connectivity index (χ4v) is 1.45. The van der Waals surface area contributed by atoms with Crippen LogP contribution in [0.3, 0.4) is 0 Å². The molecule has 0 aliphatic carbocycles. The minimum absolute atomic E-state index is 0.349. The average Bonchev–Trinajstić information content (AvgIpc) is 2.62. The van der Waals surface area contributed by atoms with Gasteiger partial charge in [0.25, 0.3) is 0 Å². The Morgan fingerprint density at radius 2 is 2.11 bits per heavy atom. The summed E-state index contributed by atoms with van der Waals surface area (Å²) >= 11 is 0. The van der Waals surface area contributed by atoms with E-state index in [2.05, 4.69) is 0 Å². The number of nitrogens with two attached hydrogens (primary N) is 1. The third-order valence-corrected chi connectivity index (χ3v) is 2.30. The van der Waals surface area contributed by atoms with Crippen molar-refractivity contribution in [3.63, 3.8) is 0 Å². The predicted octanol–water partition coefficient (Wildman–Crippen LogP) is 2.45.